The molecule has 0 bridgehead atoms. The third kappa shape index (κ3) is 5.09. The molecule has 1 aromatic heterocycles. The van der Waals surface area contributed by atoms with Crippen molar-refractivity contribution in [2.75, 3.05) is 6.54 Å². The first-order chi connectivity index (χ1) is 8.79. The van der Waals surface area contributed by atoms with Crippen molar-refractivity contribution >= 4 is 0 Å². The molecule has 0 radical (unpaired) electrons. The quantitative estimate of drug-likeness (QED) is 0.488. The lowest BCUT2D eigenvalue weighted by atomic mass is 10.2. The van der Waals surface area contributed by atoms with E-state index in [0.29, 0.717) is 0 Å². The number of hydrogen-bond donors (Lipinski definition) is 1. The average molecular weight is 248 g/mol. The summed E-state index contributed by atoms with van der Waals surface area (Å²) in [5.41, 5.74) is 2.86. The molecule has 1 aromatic rings. The van der Waals surface area contributed by atoms with E-state index in [1.165, 1.54) is 36.9 Å². The maximum absolute atomic E-state index is 3.76. The minimum Gasteiger partial charge on any atom is -0.351 e. The number of unbranched alkanes of at least 4 members (excludes halogenated alkanes) is 3. The fourth-order valence-electron chi connectivity index (χ4n) is 2.17. The van der Waals surface area contributed by atoms with Gasteiger partial charge >= 0.3 is 0 Å². The Morgan fingerprint density at radius 3 is 2.89 bits per heavy atom. The molecule has 102 valence electrons. The van der Waals surface area contributed by atoms with Gasteiger partial charge in [-0.2, -0.15) is 0 Å². The van der Waals surface area contributed by atoms with Gasteiger partial charge in [0.25, 0.3) is 0 Å². The van der Waals surface area contributed by atoms with Gasteiger partial charge in [-0.25, -0.2) is 0 Å². The highest BCUT2D eigenvalue weighted by molar-refractivity contribution is 5.20. The zero-order valence-corrected chi connectivity index (χ0v) is 12.0. The Labute approximate surface area is 112 Å². The second-order valence-electron chi connectivity index (χ2n) is 4.93. The predicted molar refractivity (Wildman–Crippen MR) is 79.8 cm³/mol. The summed E-state index contributed by atoms with van der Waals surface area (Å²) in [5, 5.41) is 3.47. The molecule has 0 spiro atoms. The van der Waals surface area contributed by atoms with Gasteiger partial charge in [0, 0.05) is 25.0 Å². The summed E-state index contributed by atoms with van der Waals surface area (Å²) in [6, 6.07) is 2.25. The van der Waals surface area contributed by atoms with Crippen LogP contribution in [-0.4, -0.2) is 11.1 Å². The van der Waals surface area contributed by atoms with Gasteiger partial charge in [-0.3, -0.25) is 0 Å². The largest absolute Gasteiger partial charge is 0.351 e. The lowest BCUT2D eigenvalue weighted by Crippen LogP contribution is -2.14. The van der Waals surface area contributed by atoms with Crippen LogP contribution in [0.15, 0.2) is 24.9 Å². The first kappa shape index (κ1) is 15.0. The molecular formula is C16H28N2. The third-order valence-corrected chi connectivity index (χ3v) is 3.40. The van der Waals surface area contributed by atoms with E-state index in [0.717, 1.165) is 26.1 Å². The fraction of sp³-hybridized carbons (Fsp3) is 0.625. The molecule has 0 amide bonds. The predicted octanol–water partition coefficient (Wildman–Crippen LogP) is 4.04. The van der Waals surface area contributed by atoms with Crippen molar-refractivity contribution in [3.63, 3.8) is 0 Å². The van der Waals surface area contributed by atoms with E-state index in [4.69, 9.17) is 0 Å². The summed E-state index contributed by atoms with van der Waals surface area (Å²) in [7, 11) is 0. The number of aryl methyl sites for hydroxylation is 1. The van der Waals surface area contributed by atoms with Gasteiger partial charge in [-0.05, 0) is 50.8 Å². The van der Waals surface area contributed by atoms with Crippen LogP contribution in [-0.2, 0) is 13.1 Å². The van der Waals surface area contributed by atoms with Gasteiger partial charge in [0.2, 0.25) is 0 Å². The number of hydrogen-bond acceptors (Lipinski definition) is 1. The molecule has 0 saturated heterocycles. The molecule has 0 aliphatic heterocycles. The van der Waals surface area contributed by atoms with Crippen LogP contribution in [0.1, 0.15) is 50.3 Å². The Bertz CT molecular complexity index is 339. The SMILES string of the molecule is C=CCCCCCn1ccc(CNCCC)c1C. The minimum atomic E-state index is 1.00. The molecular weight excluding hydrogens is 220 g/mol. The van der Waals surface area contributed by atoms with Crippen LogP contribution < -0.4 is 5.32 Å². The molecule has 1 rings (SSSR count). The van der Waals surface area contributed by atoms with Gasteiger partial charge in [-0.15, -0.1) is 6.58 Å². The normalized spacial score (nSPS) is 10.8. The van der Waals surface area contributed by atoms with Crippen molar-refractivity contribution in [3.05, 3.63) is 36.2 Å². The van der Waals surface area contributed by atoms with E-state index in [1.54, 1.807) is 0 Å². The Hall–Kier alpha value is -1.02. The summed E-state index contributed by atoms with van der Waals surface area (Å²) >= 11 is 0. The number of nitrogens with zero attached hydrogens (tertiary/aromatic N) is 1. The van der Waals surface area contributed by atoms with Crippen molar-refractivity contribution in [2.24, 2.45) is 0 Å². The molecule has 1 heterocycles. The lowest BCUT2D eigenvalue weighted by Gasteiger charge is -2.08. The topological polar surface area (TPSA) is 17.0 Å². The van der Waals surface area contributed by atoms with Gasteiger partial charge < -0.3 is 9.88 Å². The Kier molecular flexibility index (Phi) is 7.51. The highest BCUT2D eigenvalue weighted by Crippen LogP contribution is 2.12. The molecule has 0 aromatic carbocycles. The number of allylic oxidation sites excluding steroid dienone is 1. The second-order valence-corrected chi connectivity index (χ2v) is 4.93. The summed E-state index contributed by atoms with van der Waals surface area (Å²) in [6.45, 7) is 11.4. The zero-order chi connectivity index (χ0) is 13.2. The smallest absolute Gasteiger partial charge is 0.0223 e. The molecule has 0 aliphatic rings. The monoisotopic (exact) mass is 248 g/mol. The summed E-state index contributed by atoms with van der Waals surface area (Å²) in [5.74, 6) is 0. The first-order valence-corrected chi connectivity index (χ1v) is 7.25. The molecule has 0 unspecified atom stereocenters. The highest BCUT2D eigenvalue weighted by Gasteiger charge is 2.03. The maximum Gasteiger partial charge on any atom is 0.0223 e. The van der Waals surface area contributed by atoms with Crippen LogP contribution in [0.2, 0.25) is 0 Å². The van der Waals surface area contributed by atoms with Crippen LogP contribution in [0.5, 0.6) is 0 Å². The highest BCUT2D eigenvalue weighted by atomic mass is 15.0. The van der Waals surface area contributed by atoms with Crippen molar-refractivity contribution in [1.29, 1.82) is 0 Å². The molecule has 0 fully saturated rings. The molecule has 0 atom stereocenters. The van der Waals surface area contributed by atoms with Crippen LogP contribution in [0, 0.1) is 6.92 Å². The number of rotatable bonds is 10. The molecule has 2 nitrogen and oxygen atoms in total. The van der Waals surface area contributed by atoms with E-state index >= 15 is 0 Å². The summed E-state index contributed by atoms with van der Waals surface area (Å²) in [6.07, 6.45) is 10.4. The number of aromatic nitrogens is 1. The number of nitrogens with one attached hydrogen (secondary N) is 1. The lowest BCUT2D eigenvalue weighted by molar-refractivity contribution is 0.580. The van der Waals surface area contributed by atoms with E-state index in [1.807, 2.05) is 6.08 Å². The van der Waals surface area contributed by atoms with Crippen LogP contribution in [0.4, 0.5) is 0 Å². The molecule has 2 heteroatoms. The molecule has 18 heavy (non-hydrogen) atoms. The maximum atomic E-state index is 3.76. The van der Waals surface area contributed by atoms with Crippen LogP contribution >= 0.6 is 0 Å². The van der Waals surface area contributed by atoms with Crippen LogP contribution in [0.3, 0.4) is 0 Å². The summed E-state index contributed by atoms with van der Waals surface area (Å²) < 4.78 is 2.39. The van der Waals surface area contributed by atoms with Gasteiger partial charge in [0.05, 0.1) is 0 Å². The van der Waals surface area contributed by atoms with Crippen molar-refractivity contribution in [2.45, 2.75) is 59.0 Å². The van der Waals surface area contributed by atoms with E-state index in [9.17, 15) is 0 Å². The third-order valence-electron chi connectivity index (χ3n) is 3.40. The Balaban J connectivity index is 2.31. The Morgan fingerprint density at radius 1 is 1.33 bits per heavy atom. The fourth-order valence-corrected chi connectivity index (χ4v) is 2.17. The van der Waals surface area contributed by atoms with Gasteiger partial charge in [0.15, 0.2) is 0 Å². The van der Waals surface area contributed by atoms with E-state index in [-0.39, 0.29) is 0 Å². The molecule has 0 saturated carbocycles. The van der Waals surface area contributed by atoms with Crippen molar-refractivity contribution < 1.29 is 0 Å². The molecule has 0 aliphatic carbocycles. The van der Waals surface area contributed by atoms with Crippen LogP contribution in [0.25, 0.3) is 0 Å². The first-order valence-electron chi connectivity index (χ1n) is 7.25. The van der Waals surface area contributed by atoms with E-state index < -0.39 is 0 Å². The van der Waals surface area contributed by atoms with Crippen molar-refractivity contribution in [1.82, 2.24) is 9.88 Å². The second kappa shape index (κ2) is 8.98. The standard InChI is InChI=1S/C16H28N2/c1-4-6-7-8-9-12-18-13-10-16(15(18)3)14-17-11-5-2/h4,10,13,17H,1,5-9,11-12,14H2,2-3H3. The zero-order valence-electron chi connectivity index (χ0n) is 12.0. The molecule has 1 N–H and O–H groups in total. The van der Waals surface area contributed by atoms with E-state index in [2.05, 4.69) is 42.6 Å². The summed E-state index contributed by atoms with van der Waals surface area (Å²) in [4.78, 5) is 0. The minimum absolute atomic E-state index is 1.00. The average Bonchev–Trinajstić information content (AvgIpc) is 2.71. The Morgan fingerprint density at radius 2 is 2.17 bits per heavy atom. The van der Waals surface area contributed by atoms with Crippen molar-refractivity contribution in [3.8, 4) is 0 Å². The van der Waals surface area contributed by atoms with Gasteiger partial charge in [-0.1, -0.05) is 19.4 Å². The van der Waals surface area contributed by atoms with Gasteiger partial charge in [0.1, 0.15) is 0 Å².